The first-order chi connectivity index (χ1) is 13.8. The number of benzene rings is 2. The molecule has 1 aromatic heterocycles. The van der Waals surface area contributed by atoms with Crippen molar-refractivity contribution in [3.8, 4) is 5.75 Å². The zero-order chi connectivity index (χ0) is 19.2. The summed E-state index contributed by atoms with van der Waals surface area (Å²) in [6.07, 6.45) is 2.27. The fraction of sp³-hybridized carbons (Fsp3) is 0.261. The van der Waals surface area contributed by atoms with Crippen molar-refractivity contribution in [3.05, 3.63) is 82.6 Å². The summed E-state index contributed by atoms with van der Waals surface area (Å²) in [6.45, 7) is 1.93. The lowest BCUT2D eigenvalue weighted by molar-refractivity contribution is -0.117. The number of hydrogen-bond donors (Lipinski definition) is 1. The van der Waals surface area contributed by atoms with Crippen molar-refractivity contribution in [1.82, 2.24) is 4.90 Å². The van der Waals surface area contributed by atoms with Gasteiger partial charge < -0.3 is 10.1 Å². The smallest absolute Gasteiger partial charge is 0.238 e. The molecule has 1 amide bonds. The van der Waals surface area contributed by atoms with Crippen molar-refractivity contribution in [1.29, 1.82) is 0 Å². The van der Waals surface area contributed by atoms with Gasteiger partial charge in [0.15, 0.2) is 0 Å². The van der Waals surface area contributed by atoms with Gasteiger partial charge in [0.2, 0.25) is 5.91 Å². The molecule has 28 heavy (non-hydrogen) atoms. The molecule has 2 heterocycles. The highest BCUT2D eigenvalue weighted by Crippen LogP contribution is 2.34. The van der Waals surface area contributed by atoms with E-state index < -0.39 is 0 Å². The fourth-order valence-corrected chi connectivity index (χ4v) is 4.47. The Balaban J connectivity index is 1.28. The number of likely N-dealkylation sites (tertiary alicyclic amines) is 1. The van der Waals surface area contributed by atoms with E-state index >= 15 is 0 Å². The van der Waals surface area contributed by atoms with Gasteiger partial charge in [-0.25, -0.2) is 0 Å². The summed E-state index contributed by atoms with van der Waals surface area (Å²) in [4.78, 5) is 16.1. The van der Waals surface area contributed by atoms with Crippen LogP contribution in [0.1, 0.15) is 29.3 Å². The molecule has 0 aliphatic carbocycles. The lowest BCUT2D eigenvalue weighted by atomic mass is 10.2. The molecule has 1 atom stereocenters. The summed E-state index contributed by atoms with van der Waals surface area (Å²) in [6, 6.07) is 22.3. The van der Waals surface area contributed by atoms with E-state index in [0.29, 0.717) is 19.2 Å². The monoisotopic (exact) mass is 392 g/mol. The van der Waals surface area contributed by atoms with Gasteiger partial charge in [0.25, 0.3) is 0 Å². The Labute approximate surface area is 169 Å². The second-order valence-corrected chi connectivity index (χ2v) is 7.97. The van der Waals surface area contributed by atoms with Crippen LogP contribution in [0.5, 0.6) is 5.75 Å². The van der Waals surface area contributed by atoms with Crippen LogP contribution in [0.4, 0.5) is 5.69 Å². The fourth-order valence-electron chi connectivity index (χ4n) is 3.58. The molecule has 4 nitrogen and oxygen atoms in total. The summed E-state index contributed by atoms with van der Waals surface area (Å²) in [5.74, 6) is 0.820. The highest BCUT2D eigenvalue weighted by atomic mass is 32.1. The number of carbonyl (C=O) groups is 1. The molecule has 1 aliphatic rings. The molecular formula is C23H24N2O2S. The molecule has 1 unspecified atom stereocenters. The summed E-state index contributed by atoms with van der Waals surface area (Å²) in [5.41, 5.74) is 1.93. The molecule has 2 aromatic carbocycles. The first-order valence-corrected chi connectivity index (χ1v) is 10.5. The Bertz CT molecular complexity index is 879. The molecule has 0 spiro atoms. The van der Waals surface area contributed by atoms with E-state index in [4.69, 9.17) is 4.74 Å². The van der Waals surface area contributed by atoms with E-state index in [1.54, 1.807) is 11.3 Å². The third-order valence-electron chi connectivity index (χ3n) is 4.97. The Morgan fingerprint density at radius 3 is 2.64 bits per heavy atom. The van der Waals surface area contributed by atoms with Crippen molar-refractivity contribution in [2.75, 3.05) is 18.4 Å². The van der Waals surface area contributed by atoms with E-state index in [9.17, 15) is 4.79 Å². The Morgan fingerprint density at radius 2 is 1.89 bits per heavy atom. The predicted molar refractivity (Wildman–Crippen MR) is 114 cm³/mol. The van der Waals surface area contributed by atoms with E-state index in [1.807, 2.05) is 54.6 Å². The zero-order valence-corrected chi connectivity index (χ0v) is 16.5. The predicted octanol–water partition coefficient (Wildman–Crippen LogP) is 5.10. The molecule has 0 saturated carbocycles. The van der Waals surface area contributed by atoms with Gasteiger partial charge in [-0.3, -0.25) is 9.69 Å². The van der Waals surface area contributed by atoms with Crippen molar-refractivity contribution in [2.24, 2.45) is 0 Å². The first kappa shape index (κ1) is 18.7. The topological polar surface area (TPSA) is 41.6 Å². The summed E-state index contributed by atoms with van der Waals surface area (Å²) in [5, 5.41) is 5.11. The second kappa shape index (κ2) is 9.04. The van der Waals surface area contributed by atoms with Crippen LogP contribution >= 0.6 is 11.3 Å². The molecule has 0 radical (unpaired) electrons. The quantitative estimate of drug-likeness (QED) is 0.608. The van der Waals surface area contributed by atoms with Crippen LogP contribution in [0.3, 0.4) is 0 Å². The minimum atomic E-state index is 0.0291. The number of thiophene rings is 1. The third kappa shape index (κ3) is 4.80. The molecule has 1 fully saturated rings. The largest absolute Gasteiger partial charge is 0.489 e. The average Bonchev–Trinajstić information content (AvgIpc) is 3.40. The van der Waals surface area contributed by atoms with Gasteiger partial charge in [0.1, 0.15) is 12.4 Å². The number of ether oxygens (including phenoxy) is 1. The number of amides is 1. The first-order valence-electron chi connectivity index (χ1n) is 9.62. The highest BCUT2D eigenvalue weighted by molar-refractivity contribution is 7.10. The van der Waals surface area contributed by atoms with Crippen molar-refractivity contribution < 1.29 is 9.53 Å². The zero-order valence-electron chi connectivity index (χ0n) is 15.7. The molecule has 1 N–H and O–H groups in total. The Kier molecular flexibility index (Phi) is 6.04. The number of anilines is 1. The maximum atomic E-state index is 12.5. The summed E-state index contributed by atoms with van der Waals surface area (Å²) in [7, 11) is 0. The minimum Gasteiger partial charge on any atom is -0.489 e. The van der Waals surface area contributed by atoms with Crippen LogP contribution < -0.4 is 10.1 Å². The lowest BCUT2D eigenvalue weighted by Gasteiger charge is -2.22. The van der Waals surface area contributed by atoms with Crippen molar-refractivity contribution in [3.63, 3.8) is 0 Å². The number of nitrogens with zero attached hydrogens (tertiary/aromatic N) is 1. The summed E-state index contributed by atoms with van der Waals surface area (Å²) >= 11 is 1.77. The van der Waals surface area contributed by atoms with Crippen LogP contribution in [0.15, 0.2) is 72.1 Å². The van der Waals surface area contributed by atoms with Gasteiger partial charge in [-0.05, 0) is 60.7 Å². The molecule has 0 bridgehead atoms. The molecule has 3 aromatic rings. The van der Waals surface area contributed by atoms with Crippen LogP contribution in [0, 0.1) is 0 Å². The number of carbonyl (C=O) groups excluding carboxylic acids is 1. The highest BCUT2D eigenvalue weighted by Gasteiger charge is 2.28. The van der Waals surface area contributed by atoms with Crippen molar-refractivity contribution >= 4 is 22.9 Å². The standard InChI is InChI=1S/C23H24N2O2S/c26-23(16-25-14-4-8-21(25)22-9-5-15-28-22)24-19-10-12-20(13-11-19)27-17-18-6-2-1-3-7-18/h1-3,5-7,9-13,15,21H,4,8,14,16-17H2,(H,24,26). The van der Waals surface area contributed by atoms with Crippen LogP contribution in [0.25, 0.3) is 0 Å². The Hall–Kier alpha value is -2.63. The van der Waals surface area contributed by atoms with Crippen LogP contribution in [-0.2, 0) is 11.4 Å². The van der Waals surface area contributed by atoms with E-state index in [0.717, 1.165) is 36.4 Å². The van der Waals surface area contributed by atoms with Gasteiger partial charge in [-0.2, -0.15) is 0 Å². The molecule has 1 saturated heterocycles. The number of hydrogen-bond acceptors (Lipinski definition) is 4. The van der Waals surface area contributed by atoms with E-state index in [2.05, 4.69) is 27.7 Å². The number of nitrogens with one attached hydrogen (secondary N) is 1. The van der Waals surface area contributed by atoms with E-state index in [1.165, 1.54) is 4.88 Å². The lowest BCUT2D eigenvalue weighted by Crippen LogP contribution is -2.32. The number of rotatable bonds is 7. The molecule has 144 valence electrons. The van der Waals surface area contributed by atoms with E-state index in [-0.39, 0.29) is 5.91 Å². The third-order valence-corrected chi connectivity index (χ3v) is 5.94. The minimum absolute atomic E-state index is 0.0291. The van der Waals surface area contributed by atoms with Gasteiger partial charge >= 0.3 is 0 Å². The maximum absolute atomic E-state index is 12.5. The molecule has 1 aliphatic heterocycles. The van der Waals surface area contributed by atoms with Crippen molar-refractivity contribution in [2.45, 2.75) is 25.5 Å². The summed E-state index contributed by atoms with van der Waals surface area (Å²) < 4.78 is 5.80. The Morgan fingerprint density at radius 1 is 1.07 bits per heavy atom. The SMILES string of the molecule is O=C(CN1CCCC1c1cccs1)Nc1ccc(OCc2ccccc2)cc1. The van der Waals surface area contributed by atoms with Crippen LogP contribution in [0.2, 0.25) is 0 Å². The van der Waals surface area contributed by atoms with Crippen LogP contribution in [-0.4, -0.2) is 23.9 Å². The molecule has 4 rings (SSSR count). The average molecular weight is 393 g/mol. The normalized spacial score (nSPS) is 16.8. The van der Waals surface area contributed by atoms with Gasteiger partial charge in [0.05, 0.1) is 6.54 Å². The second-order valence-electron chi connectivity index (χ2n) is 6.99. The van der Waals surface area contributed by atoms with Gasteiger partial charge in [0, 0.05) is 16.6 Å². The molecular weight excluding hydrogens is 368 g/mol. The van der Waals surface area contributed by atoms with Gasteiger partial charge in [-0.1, -0.05) is 36.4 Å². The maximum Gasteiger partial charge on any atom is 0.238 e. The van der Waals surface area contributed by atoms with Gasteiger partial charge in [-0.15, -0.1) is 11.3 Å². The molecule has 5 heteroatoms.